The zero-order chi connectivity index (χ0) is 14.4. The molecule has 0 atom stereocenters. The third-order valence-corrected chi connectivity index (χ3v) is 3.31. The lowest BCUT2D eigenvalue weighted by Crippen LogP contribution is -2.23. The Kier molecular flexibility index (Phi) is 5.02. The molecule has 0 unspecified atom stereocenters. The van der Waals surface area contributed by atoms with Crippen LogP contribution in [0.15, 0.2) is 48.5 Å². The second-order valence-corrected chi connectivity index (χ2v) is 4.96. The van der Waals surface area contributed by atoms with E-state index in [0.717, 1.165) is 30.6 Å². The van der Waals surface area contributed by atoms with Gasteiger partial charge in [-0.25, -0.2) is 0 Å². The van der Waals surface area contributed by atoms with Crippen molar-refractivity contribution in [2.24, 2.45) is 5.73 Å². The highest BCUT2D eigenvalue weighted by atomic mass is 16.3. The molecular weight excluding hydrogens is 248 g/mol. The van der Waals surface area contributed by atoms with E-state index in [1.165, 1.54) is 5.69 Å². The van der Waals surface area contributed by atoms with Crippen LogP contribution in [0.5, 0.6) is 5.75 Å². The summed E-state index contributed by atoms with van der Waals surface area (Å²) in [5.41, 5.74) is 9.07. The minimum absolute atomic E-state index is 0.317. The lowest BCUT2D eigenvalue weighted by atomic mass is 10.1. The maximum Gasteiger partial charge on any atom is 0.115 e. The highest BCUT2D eigenvalue weighted by Gasteiger charge is 2.07. The van der Waals surface area contributed by atoms with Gasteiger partial charge in [0.2, 0.25) is 0 Å². The number of hydrogen-bond acceptors (Lipinski definition) is 3. The van der Waals surface area contributed by atoms with Gasteiger partial charge in [-0.1, -0.05) is 31.2 Å². The van der Waals surface area contributed by atoms with Gasteiger partial charge in [0, 0.05) is 25.3 Å². The van der Waals surface area contributed by atoms with Crippen molar-refractivity contribution in [1.29, 1.82) is 0 Å². The number of benzene rings is 2. The largest absolute Gasteiger partial charge is 0.508 e. The summed E-state index contributed by atoms with van der Waals surface area (Å²) in [6.07, 6.45) is 1.08. The highest BCUT2D eigenvalue weighted by molar-refractivity contribution is 5.48. The first-order chi connectivity index (χ1) is 9.72. The molecule has 0 aliphatic heterocycles. The summed E-state index contributed by atoms with van der Waals surface area (Å²) in [6.45, 7) is 4.52. The number of anilines is 1. The normalized spacial score (nSPS) is 10.5. The molecule has 0 saturated heterocycles. The van der Waals surface area contributed by atoms with Gasteiger partial charge in [0.05, 0.1) is 0 Å². The Hall–Kier alpha value is -2.00. The summed E-state index contributed by atoms with van der Waals surface area (Å²) in [4.78, 5) is 2.31. The Bertz CT molecular complexity index is 537. The van der Waals surface area contributed by atoms with Crippen LogP contribution in [0.25, 0.3) is 0 Å². The van der Waals surface area contributed by atoms with E-state index in [0.29, 0.717) is 12.3 Å². The van der Waals surface area contributed by atoms with Crippen LogP contribution in [-0.4, -0.2) is 11.7 Å². The molecule has 3 nitrogen and oxygen atoms in total. The average molecular weight is 270 g/mol. The van der Waals surface area contributed by atoms with E-state index in [4.69, 9.17) is 5.73 Å². The molecule has 0 aromatic heterocycles. The summed E-state index contributed by atoms with van der Waals surface area (Å²) in [6, 6.07) is 15.8. The zero-order valence-electron chi connectivity index (χ0n) is 11.9. The lowest BCUT2D eigenvalue weighted by Gasteiger charge is -2.24. The molecule has 0 radical (unpaired) electrons. The third-order valence-electron chi connectivity index (χ3n) is 3.31. The molecule has 0 bridgehead atoms. The van der Waals surface area contributed by atoms with Crippen molar-refractivity contribution in [2.75, 3.05) is 11.4 Å². The fourth-order valence-corrected chi connectivity index (χ4v) is 2.29. The average Bonchev–Trinajstić information content (AvgIpc) is 2.47. The summed E-state index contributed by atoms with van der Waals surface area (Å²) in [5, 5.41) is 9.56. The van der Waals surface area contributed by atoms with Crippen molar-refractivity contribution in [2.45, 2.75) is 26.4 Å². The van der Waals surface area contributed by atoms with Crippen LogP contribution in [-0.2, 0) is 13.1 Å². The van der Waals surface area contributed by atoms with Gasteiger partial charge in [-0.05, 0) is 41.8 Å². The fraction of sp³-hybridized carbons (Fsp3) is 0.294. The van der Waals surface area contributed by atoms with Gasteiger partial charge in [-0.2, -0.15) is 0 Å². The van der Waals surface area contributed by atoms with Gasteiger partial charge in [-0.3, -0.25) is 0 Å². The summed E-state index contributed by atoms with van der Waals surface area (Å²) >= 11 is 0. The zero-order valence-corrected chi connectivity index (χ0v) is 11.9. The summed E-state index contributed by atoms with van der Waals surface area (Å²) in [7, 11) is 0. The monoisotopic (exact) mass is 270 g/mol. The van der Waals surface area contributed by atoms with Crippen LogP contribution in [0.4, 0.5) is 5.69 Å². The minimum Gasteiger partial charge on any atom is -0.508 e. The molecule has 0 heterocycles. The number of nitrogens with two attached hydrogens (primary N) is 1. The van der Waals surface area contributed by atoms with Gasteiger partial charge in [0.15, 0.2) is 0 Å². The van der Waals surface area contributed by atoms with Crippen molar-refractivity contribution < 1.29 is 5.11 Å². The van der Waals surface area contributed by atoms with Crippen molar-refractivity contribution in [3.63, 3.8) is 0 Å². The Labute approximate surface area is 120 Å². The van der Waals surface area contributed by atoms with Crippen LogP contribution in [0, 0.1) is 0 Å². The van der Waals surface area contributed by atoms with Gasteiger partial charge in [0.25, 0.3) is 0 Å². The molecule has 106 valence electrons. The van der Waals surface area contributed by atoms with Gasteiger partial charge < -0.3 is 15.7 Å². The summed E-state index contributed by atoms with van der Waals surface area (Å²) < 4.78 is 0. The van der Waals surface area contributed by atoms with Crippen LogP contribution in [0.2, 0.25) is 0 Å². The number of phenols is 1. The smallest absolute Gasteiger partial charge is 0.115 e. The third kappa shape index (κ3) is 3.75. The van der Waals surface area contributed by atoms with Gasteiger partial charge in [-0.15, -0.1) is 0 Å². The number of nitrogens with zero attached hydrogens (tertiary/aromatic N) is 1. The number of rotatable bonds is 6. The maximum atomic E-state index is 9.56. The molecule has 0 aliphatic rings. The number of hydrogen-bond donors (Lipinski definition) is 2. The molecule has 2 aromatic carbocycles. The fourth-order valence-electron chi connectivity index (χ4n) is 2.29. The predicted octanol–water partition coefficient (Wildman–Crippen LogP) is 3.27. The second kappa shape index (κ2) is 6.96. The van der Waals surface area contributed by atoms with Crippen molar-refractivity contribution >= 4 is 5.69 Å². The molecular formula is C17H22N2O. The Morgan fingerprint density at radius 2 is 1.80 bits per heavy atom. The molecule has 0 fully saturated rings. The molecule has 20 heavy (non-hydrogen) atoms. The van der Waals surface area contributed by atoms with Gasteiger partial charge >= 0.3 is 0 Å². The molecule has 0 aliphatic carbocycles. The standard InChI is InChI=1S/C17H22N2O/c1-2-10-19(13-15-4-3-5-17(20)11-15)16-8-6-14(12-18)7-9-16/h3-9,11,20H,2,10,12-13,18H2,1H3. The molecule has 0 saturated carbocycles. The SMILES string of the molecule is CCCN(Cc1cccc(O)c1)c1ccc(CN)cc1. The minimum atomic E-state index is 0.317. The first kappa shape index (κ1) is 14.4. The quantitative estimate of drug-likeness (QED) is 0.847. The first-order valence-electron chi connectivity index (χ1n) is 7.04. The van der Waals surface area contributed by atoms with Crippen molar-refractivity contribution in [1.82, 2.24) is 0 Å². The molecule has 2 aromatic rings. The Morgan fingerprint density at radius 1 is 1.05 bits per heavy atom. The van der Waals surface area contributed by atoms with E-state index in [1.54, 1.807) is 6.07 Å². The Balaban J connectivity index is 2.17. The topological polar surface area (TPSA) is 49.5 Å². The molecule has 0 spiro atoms. The maximum absolute atomic E-state index is 9.56. The first-order valence-corrected chi connectivity index (χ1v) is 7.04. The van der Waals surface area contributed by atoms with E-state index in [2.05, 4.69) is 36.1 Å². The van der Waals surface area contributed by atoms with E-state index >= 15 is 0 Å². The summed E-state index contributed by atoms with van der Waals surface area (Å²) in [5.74, 6) is 0.317. The second-order valence-electron chi connectivity index (χ2n) is 4.96. The van der Waals surface area contributed by atoms with E-state index in [9.17, 15) is 5.11 Å². The van der Waals surface area contributed by atoms with E-state index in [-0.39, 0.29) is 0 Å². The van der Waals surface area contributed by atoms with E-state index < -0.39 is 0 Å². The van der Waals surface area contributed by atoms with Crippen LogP contribution < -0.4 is 10.6 Å². The predicted molar refractivity (Wildman–Crippen MR) is 83.8 cm³/mol. The van der Waals surface area contributed by atoms with Crippen LogP contribution in [0.1, 0.15) is 24.5 Å². The molecule has 3 N–H and O–H groups in total. The van der Waals surface area contributed by atoms with Crippen LogP contribution >= 0.6 is 0 Å². The molecule has 2 rings (SSSR count). The molecule has 0 amide bonds. The highest BCUT2D eigenvalue weighted by Crippen LogP contribution is 2.20. The number of aromatic hydroxyl groups is 1. The Morgan fingerprint density at radius 3 is 2.40 bits per heavy atom. The van der Waals surface area contributed by atoms with Crippen molar-refractivity contribution in [3.05, 3.63) is 59.7 Å². The lowest BCUT2D eigenvalue weighted by molar-refractivity contribution is 0.474. The van der Waals surface area contributed by atoms with Crippen molar-refractivity contribution in [3.8, 4) is 5.75 Å². The van der Waals surface area contributed by atoms with Crippen LogP contribution in [0.3, 0.4) is 0 Å². The van der Waals surface area contributed by atoms with Gasteiger partial charge in [0.1, 0.15) is 5.75 Å². The number of phenolic OH excluding ortho intramolecular Hbond substituents is 1. The molecule has 3 heteroatoms. The van der Waals surface area contributed by atoms with E-state index in [1.807, 2.05) is 18.2 Å².